The number of carbonyl (C=O) groups excluding carboxylic acids is 1. The summed E-state index contributed by atoms with van der Waals surface area (Å²) in [4.78, 5) is 11.7. The molecule has 0 aliphatic heterocycles. The highest BCUT2D eigenvalue weighted by Crippen LogP contribution is 2.16. The molecule has 0 aliphatic rings. The summed E-state index contributed by atoms with van der Waals surface area (Å²) in [6, 6.07) is 7.82. The molecule has 0 aliphatic carbocycles. The number of hydrogen-bond donors (Lipinski definition) is 1. The van der Waals surface area contributed by atoms with Crippen molar-refractivity contribution in [1.29, 1.82) is 0 Å². The van der Waals surface area contributed by atoms with Crippen LogP contribution in [0.2, 0.25) is 0 Å². The zero-order valence-electron chi connectivity index (χ0n) is 13.0. The van der Waals surface area contributed by atoms with Crippen molar-refractivity contribution in [1.82, 2.24) is 5.16 Å². The summed E-state index contributed by atoms with van der Waals surface area (Å²) in [5.74, 6) is 3.02. The van der Waals surface area contributed by atoms with Gasteiger partial charge in [-0.1, -0.05) is 11.2 Å². The van der Waals surface area contributed by atoms with Crippen molar-refractivity contribution < 1.29 is 14.1 Å². The van der Waals surface area contributed by atoms with E-state index in [-0.39, 0.29) is 5.91 Å². The molecular formula is C16H20N2O3S. The second-order valence-corrected chi connectivity index (χ2v) is 6.20. The van der Waals surface area contributed by atoms with Crippen LogP contribution in [0.3, 0.4) is 0 Å². The Labute approximate surface area is 134 Å². The molecule has 0 bridgehead atoms. The average molecular weight is 320 g/mol. The highest BCUT2D eigenvalue weighted by molar-refractivity contribution is 7.99. The van der Waals surface area contributed by atoms with Crippen LogP contribution in [0.1, 0.15) is 16.9 Å². The maximum atomic E-state index is 11.7. The van der Waals surface area contributed by atoms with Gasteiger partial charge < -0.3 is 14.6 Å². The molecule has 0 atom stereocenters. The molecule has 6 heteroatoms. The molecule has 0 spiro atoms. The molecule has 1 aromatic heterocycles. The van der Waals surface area contributed by atoms with E-state index in [0.29, 0.717) is 23.9 Å². The van der Waals surface area contributed by atoms with Crippen LogP contribution in [0.25, 0.3) is 0 Å². The molecule has 1 heterocycles. The van der Waals surface area contributed by atoms with E-state index in [1.165, 1.54) is 22.9 Å². The van der Waals surface area contributed by atoms with Crippen LogP contribution in [0, 0.1) is 20.8 Å². The standard InChI is InChI=1S/C16H20N2O3S/c1-11-6-12(2)8-14(7-11)20-4-5-22-10-16(19)17-15-9-13(3)21-18-15/h6-9H,4-5,10H2,1-3H3,(H,17,18,19). The van der Waals surface area contributed by atoms with E-state index < -0.39 is 0 Å². The molecule has 0 unspecified atom stereocenters. The number of rotatable bonds is 7. The number of nitrogens with one attached hydrogen (secondary N) is 1. The Balaban J connectivity index is 1.63. The van der Waals surface area contributed by atoms with Crippen molar-refractivity contribution in [3.8, 4) is 5.75 Å². The van der Waals surface area contributed by atoms with Crippen molar-refractivity contribution in [2.45, 2.75) is 20.8 Å². The lowest BCUT2D eigenvalue weighted by Crippen LogP contribution is -2.15. The molecule has 2 aromatic rings. The van der Waals surface area contributed by atoms with Gasteiger partial charge in [-0.15, -0.1) is 11.8 Å². The van der Waals surface area contributed by atoms with Gasteiger partial charge in [0.15, 0.2) is 5.82 Å². The smallest absolute Gasteiger partial charge is 0.235 e. The van der Waals surface area contributed by atoms with E-state index >= 15 is 0 Å². The number of aryl methyl sites for hydroxylation is 3. The first kappa shape index (κ1) is 16.4. The van der Waals surface area contributed by atoms with Gasteiger partial charge in [-0.3, -0.25) is 4.79 Å². The number of benzene rings is 1. The Hall–Kier alpha value is -1.95. The van der Waals surface area contributed by atoms with Crippen LogP contribution in [0.4, 0.5) is 5.82 Å². The van der Waals surface area contributed by atoms with Gasteiger partial charge in [0.1, 0.15) is 11.5 Å². The predicted octanol–water partition coefficient (Wildman–Crippen LogP) is 3.35. The van der Waals surface area contributed by atoms with Gasteiger partial charge >= 0.3 is 0 Å². The molecule has 0 saturated carbocycles. The predicted molar refractivity (Wildman–Crippen MR) is 88.6 cm³/mol. The van der Waals surface area contributed by atoms with Crippen LogP contribution >= 0.6 is 11.8 Å². The van der Waals surface area contributed by atoms with Gasteiger partial charge in [0.2, 0.25) is 5.91 Å². The Morgan fingerprint density at radius 2 is 1.95 bits per heavy atom. The zero-order chi connectivity index (χ0) is 15.9. The summed E-state index contributed by atoms with van der Waals surface area (Å²) in [5, 5.41) is 6.40. The lowest BCUT2D eigenvalue weighted by Gasteiger charge is -2.08. The Morgan fingerprint density at radius 1 is 1.23 bits per heavy atom. The minimum atomic E-state index is -0.0929. The van der Waals surface area contributed by atoms with Crippen LogP contribution in [-0.4, -0.2) is 29.2 Å². The molecule has 0 saturated heterocycles. The summed E-state index contributed by atoms with van der Waals surface area (Å²) in [6.07, 6.45) is 0. The first-order valence-electron chi connectivity index (χ1n) is 7.05. The number of ether oxygens (including phenoxy) is 1. The highest BCUT2D eigenvalue weighted by atomic mass is 32.2. The average Bonchev–Trinajstić information content (AvgIpc) is 2.82. The van der Waals surface area contributed by atoms with Crippen molar-refractivity contribution in [2.75, 3.05) is 23.4 Å². The monoisotopic (exact) mass is 320 g/mol. The van der Waals surface area contributed by atoms with E-state index in [2.05, 4.69) is 16.5 Å². The van der Waals surface area contributed by atoms with Gasteiger partial charge in [-0.05, 0) is 44.0 Å². The minimum Gasteiger partial charge on any atom is -0.493 e. The Bertz CT molecular complexity index is 620. The van der Waals surface area contributed by atoms with E-state index in [9.17, 15) is 4.79 Å². The van der Waals surface area contributed by atoms with Crippen LogP contribution in [0.5, 0.6) is 5.75 Å². The first-order valence-corrected chi connectivity index (χ1v) is 8.20. The SMILES string of the molecule is Cc1cc(C)cc(OCCSCC(=O)Nc2cc(C)on2)c1. The number of aromatic nitrogens is 1. The molecule has 0 radical (unpaired) electrons. The third-order valence-corrected chi connectivity index (χ3v) is 3.74. The number of nitrogens with zero attached hydrogens (tertiary/aromatic N) is 1. The lowest BCUT2D eigenvalue weighted by molar-refractivity contribution is -0.113. The molecule has 22 heavy (non-hydrogen) atoms. The van der Waals surface area contributed by atoms with Gasteiger partial charge in [0.05, 0.1) is 12.4 Å². The second kappa shape index (κ2) is 7.89. The Morgan fingerprint density at radius 3 is 2.59 bits per heavy atom. The molecule has 118 valence electrons. The zero-order valence-corrected chi connectivity index (χ0v) is 13.8. The molecule has 1 aromatic carbocycles. The highest BCUT2D eigenvalue weighted by Gasteiger charge is 2.06. The van der Waals surface area contributed by atoms with E-state index in [1.807, 2.05) is 26.0 Å². The number of amides is 1. The van der Waals surface area contributed by atoms with Crippen molar-refractivity contribution >= 4 is 23.5 Å². The first-order chi connectivity index (χ1) is 10.5. The molecule has 1 N–H and O–H groups in total. The van der Waals surface area contributed by atoms with E-state index in [4.69, 9.17) is 9.26 Å². The number of carbonyl (C=O) groups is 1. The van der Waals surface area contributed by atoms with Crippen molar-refractivity contribution in [3.05, 3.63) is 41.2 Å². The fourth-order valence-electron chi connectivity index (χ4n) is 2.00. The van der Waals surface area contributed by atoms with Crippen LogP contribution in [0.15, 0.2) is 28.8 Å². The van der Waals surface area contributed by atoms with E-state index in [1.54, 1.807) is 13.0 Å². The van der Waals surface area contributed by atoms with Crippen molar-refractivity contribution in [3.63, 3.8) is 0 Å². The fraction of sp³-hybridized carbons (Fsp3) is 0.375. The second-order valence-electron chi connectivity index (χ2n) is 5.10. The minimum absolute atomic E-state index is 0.0929. The fourth-order valence-corrected chi connectivity index (χ4v) is 2.61. The third kappa shape index (κ3) is 5.44. The van der Waals surface area contributed by atoms with Gasteiger partial charge in [-0.25, -0.2) is 0 Å². The largest absolute Gasteiger partial charge is 0.493 e. The van der Waals surface area contributed by atoms with Gasteiger partial charge in [-0.2, -0.15) is 0 Å². The van der Waals surface area contributed by atoms with Crippen LogP contribution in [-0.2, 0) is 4.79 Å². The maximum Gasteiger partial charge on any atom is 0.235 e. The number of hydrogen-bond acceptors (Lipinski definition) is 5. The molecule has 0 fully saturated rings. The normalized spacial score (nSPS) is 10.5. The van der Waals surface area contributed by atoms with Crippen molar-refractivity contribution in [2.24, 2.45) is 0 Å². The molecule has 5 nitrogen and oxygen atoms in total. The maximum absolute atomic E-state index is 11.7. The van der Waals surface area contributed by atoms with Gasteiger partial charge in [0.25, 0.3) is 0 Å². The molecule has 2 rings (SSSR count). The van der Waals surface area contributed by atoms with E-state index in [0.717, 1.165) is 11.5 Å². The third-order valence-electron chi connectivity index (χ3n) is 2.82. The summed E-state index contributed by atoms with van der Waals surface area (Å²) in [5.41, 5.74) is 2.37. The molecule has 1 amide bonds. The molecular weight excluding hydrogens is 300 g/mol. The Kier molecular flexibility index (Phi) is 5.89. The summed E-state index contributed by atoms with van der Waals surface area (Å²) >= 11 is 1.52. The summed E-state index contributed by atoms with van der Waals surface area (Å²) in [7, 11) is 0. The number of anilines is 1. The lowest BCUT2D eigenvalue weighted by atomic mass is 10.1. The summed E-state index contributed by atoms with van der Waals surface area (Å²) < 4.78 is 10.6. The van der Waals surface area contributed by atoms with Crippen LogP contribution < -0.4 is 10.1 Å². The quantitative estimate of drug-likeness (QED) is 0.793. The summed E-state index contributed by atoms with van der Waals surface area (Å²) in [6.45, 7) is 6.45. The number of thioether (sulfide) groups is 1. The topological polar surface area (TPSA) is 64.4 Å². The van der Waals surface area contributed by atoms with Gasteiger partial charge in [0, 0.05) is 11.8 Å².